The minimum Gasteiger partial charge on any atom is -0.348 e. The lowest BCUT2D eigenvalue weighted by Crippen LogP contribution is -2.14. The molecule has 0 radical (unpaired) electrons. The number of nitrogens with one attached hydrogen (secondary N) is 1. The first kappa shape index (κ1) is 11.7. The quantitative estimate of drug-likeness (QED) is 0.872. The van der Waals surface area contributed by atoms with Crippen molar-refractivity contribution in [1.29, 1.82) is 0 Å². The third-order valence-corrected chi connectivity index (χ3v) is 4.36. The fourth-order valence-corrected chi connectivity index (χ4v) is 3.23. The molecule has 2 aromatic rings. The summed E-state index contributed by atoms with van der Waals surface area (Å²) >= 11 is 1.88. The highest BCUT2D eigenvalue weighted by Gasteiger charge is 2.24. The molecule has 0 bridgehead atoms. The zero-order valence-corrected chi connectivity index (χ0v) is 10.7. The first-order chi connectivity index (χ1) is 8.83. The summed E-state index contributed by atoms with van der Waals surface area (Å²) < 4.78 is 5.25. The van der Waals surface area contributed by atoms with E-state index in [1.54, 1.807) is 12.5 Å². The Hall–Kier alpha value is -1.34. The molecule has 96 valence electrons. The second-order valence-corrected chi connectivity index (χ2v) is 5.69. The van der Waals surface area contributed by atoms with Gasteiger partial charge in [0.1, 0.15) is 0 Å². The van der Waals surface area contributed by atoms with Gasteiger partial charge in [0.25, 0.3) is 0 Å². The number of rotatable bonds is 4. The number of H-pyrrole nitrogens is 1. The third kappa shape index (κ3) is 2.41. The van der Waals surface area contributed by atoms with Crippen LogP contribution < -0.4 is 5.73 Å². The van der Waals surface area contributed by atoms with Gasteiger partial charge in [-0.05, 0) is 18.6 Å². The van der Waals surface area contributed by atoms with Gasteiger partial charge in [-0.25, -0.2) is 4.98 Å². The van der Waals surface area contributed by atoms with Crippen LogP contribution in [-0.2, 0) is 6.42 Å². The van der Waals surface area contributed by atoms with E-state index < -0.39 is 0 Å². The molecule has 3 N–H and O–H groups in total. The molecule has 2 atom stereocenters. The highest BCUT2D eigenvalue weighted by atomic mass is 32.2. The van der Waals surface area contributed by atoms with Crippen LogP contribution in [0, 0.1) is 0 Å². The molecule has 0 amide bonds. The number of hydrogen-bond donors (Lipinski definition) is 2. The predicted molar refractivity (Wildman–Crippen MR) is 68.0 cm³/mol. The Kier molecular flexibility index (Phi) is 3.33. The van der Waals surface area contributed by atoms with E-state index in [1.807, 2.05) is 11.8 Å². The number of nitrogens with two attached hydrogens (primary N) is 1. The molecule has 2 aromatic heterocycles. The van der Waals surface area contributed by atoms with Crippen molar-refractivity contribution in [2.24, 2.45) is 5.73 Å². The van der Waals surface area contributed by atoms with E-state index in [4.69, 9.17) is 10.3 Å². The lowest BCUT2D eigenvalue weighted by Gasteiger charge is -2.04. The highest BCUT2D eigenvalue weighted by Crippen LogP contribution is 2.38. The Morgan fingerprint density at radius 2 is 2.56 bits per heavy atom. The Morgan fingerprint density at radius 1 is 1.61 bits per heavy atom. The summed E-state index contributed by atoms with van der Waals surface area (Å²) in [5.74, 6) is 2.47. The van der Waals surface area contributed by atoms with Gasteiger partial charge < -0.3 is 15.2 Å². The van der Waals surface area contributed by atoms with Crippen molar-refractivity contribution in [3.8, 4) is 0 Å². The number of imidazole rings is 1. The zero-order chi connectivity index (χ0) is 12.4. The van der Waals surface area contributed by atoms with Gasteiger partial charge in [0.15, 0.2) is 5.82 Å². The van der Waals surface area contributed by atoms with Crippen LogP contribution in [0.4, 0.5) is 0 Å². The van der Waals surface area contributed by atoms with E-state index in [-0.39, 0.29) is 6.04 Å². The fourth-order valence-electron chi connectivity index (χ4n) is 2.03. The fraction of sp³-hybridized carbons (Fsp3) is 0.545. The van der Waals surface area contributed by atoms with Crippen molar-refractivity contribution in [2.75, 3.05) is 5.75 Å². The van der Waals surface area contributed by atoms with E-state index in [2.05, 4.69) is 20.1 Å². The smallest absolute Gasteiger partial charge is 0.243 e. The van der Waals surface area contributed by atoms with Crippen molar-refractivity contribution in [2.45, 2.75) is 30.6 Å². The summed E-state index contributed by atoms with van der Waals surface area (Å²) in [5, 5.41) is 4.41. The Bertz CT molecular complexity index is 491. The summed E-state index contributed by atoms with van der Waals surface area (Å²) in [7, 11) is 0. The SMILES string of the molecule is N[C@H](Cc1cnc[nH]1)c1nc(C2CCCS2)no1. The van der Waals surface area contributed by atoms with Crippen molar-refractivity contribution >= 4 is 11.8 Å². The van der Waals surface area contributed by atoms with Crippen LogP contribution in [0.15, 0.2) is 17.0 Å². The Labute approximate surface area is 109 Å². The van der Waals surface area contributed by atoms with Gasteiger partial charge in [-0.3, -0.25) is 0 Å². The molecule has 3 heterocycles. The normalized spacial score (nSPS) is 21.3. The van der Waals surface area contributed by atoms with E-state index in [9.17, 15) is 0 Å². The van der Waals surface area contributed by atoms with Gasteiger partial charge in [-0.1, -0.05) is 5.16 Å². The molecule has 0 aliphatic carbocycles. The average Bonchev–Trinajstić information content (AvgIpc) is 3.11. The van der Waals surface area contributed by atoms with E-state index in [0.29, 0.717) is 17.6 Å². The molecule has 1 saturated heterocycles. The van der Waals surface area contributed by atoms with Gasteiger partial charge in [0, 0.05) is 18.3 Å². The van der Waals surface area contributed by atoms with Crippen LogP contribution in [0.25, 0.3) is 0 Å². The van der Waals surface area contributed by atoms with Gasteiger partial charge in [-0.15, -0.1) is 0 Å². The molecule has 1 unspecified atom stereocenters. The van der Waals surface area contributed by atoms with Gasteiger partial charge in [0.05, 0.1) is 17.6 Å². The van der Waals surface area contributed by atoms with Crippen LogP contribution >= 0.6 is 11.8 Å². The topological polar surface area (TPSA) is 93.6 Å². The summed E-state index contributed by atoms with van der Waals surface area (Å²) in [5.41, 5.74) is 7.02. The second-order valence-electron chi connectivity index (χ2n) is 4.38. The standard InChI is InChI=1S/C11H15N5OS/c12-8(4-7-5-13-6-14-7)11-15-10(16-17-11)9-2-1-3-18-9/h5-6,8-9H,1-4,12H2,(H,13,14)/t8-,9?/m1/s1. The molecule has 1 aliphatic rings. The first-order valence-electron chi connectivity index (χ1n) is 6.01. The van der Waals surface area contributed by atoms with Crippen molar-refractivity contribution < 1.29 is 4.52 Å². The van der Waals surface area contributed by atoms with E-state index in [1.165, 1.54) is 12.2 Å². The summed E-state index contributed by atoms with van der Waals surface area (Å²) in [6.07, 6.45) is 6.36. The Balaban J connectivity index is 1.68. The number of aromatic amines is 1. The average molecular weight is 265 g/mol. The zero-order valence-electron chi connectivity index (χ0n) is 9.87. The van der Waals surface area contributed by atoms with Crippen LogP contribution in [0.5, 0.6) is 0 Å². The van der Waals surface area contributed by atoms with Crippen molar-refractivity contribution in [3.63, 3.8) is 0 Å². The maximum atomic E-state index is 6.05. The largest absolute Gasteiger partial charge is 0.348 e. The predicted octanol–water partition coefficient (Wildman–Crippen LogP) is 1.60. The minimum atomic E-state index is -0.280. The van der Waals surface area contributed by atoms with Crippen molar-refractivity contribution in [1.82, 2.24) is 20.1 Å². The number of thioether (sulfide) groups is 1. The number of nitrogens with zero attached hydrogens (tertiary/aromatic N) is 3. The maximum absolute atomic E-state index is 6.05. The molecular weight excluding hydrogens is 250 g/mol. The maximum Gasteiger partial charge on any atom is 0.243 e. The van der Waals surface area contributed by atoms with Crippen LogP contribution in [0.3, 0.4) is 0 Å². The molecular formula is C11H15N5OS. The molecule has 1 aliphatic heterocycles. The first-order valence-corrected chi connectivity index (χ1v) is 7.06. The van der Waals surface area contributed by atoms with E-state index in [0.717, 1.165) is 17.9 Å². The van der Waals surface area contributed by atoms with Gasteiger partial charge in [0.2, 0.25) is 5.89 Å². The molecule has 0 saturated carbocycles. The summed E-state index contributed by atoms with van der Waals surface area (Å²) in [6, 6.07) is -0.280. The van der Waals surface area contributed by atoms with E-state index >= 15 is 0 Å². The highest BCUT2D eigenvalue weighted by molar-refractivity contribution is 7.99. The van der Waals surface area contributed by atoms with Gasteiger partial charge in [-0.2, -0.15) is 16.7 Å². The summed E-state index contributed by atoms with van der Waals surface area (Å²) in [4.78, 5) is 11.4. The molecule has 0 spiro atoms. The summed E-state index contributed by atoms with van der Waals surface area (Å²) in [6.45, 7) is 0. The second kappa shape index (κ2) is 5.11. The monoisotopic (exact) mass is 265 g/mol. The number of hydrogen-bond acceptors (Lipinski definition) is 6. The molecule has 0 aromatic carbocycles. The lowest BCUT2D eigenvalue weighted by molar-refractivity contribution is 0.349. The molecule has 1 fully saturated rings. The lowest BCUT2D eigenvalue weighted by atomic mass is 10.2. The van der Waals surface area contributed by atoms with Crippen LogP contribution in [0.2, 0.25) is 0 Å². The molecule has 3 rings (SSSR count). The van der Waals surface area contributed by atoms with Gasteiger partial charge >= 0.3 is 0 Å². The minimum absolute atomic E-state index is 0.280. The van der Waals surface area contributed by atoms with Crippen LogP contribution in [-0.4, -0.2) is 25.9 Å². The molecule has 18 heavy (non-hydrogen) atoms. The van der Waals surface area contributed by atoms with Crippen LogP contribution in [0.1, 0.15) is 41.5 Å². The number of aromatic nitrogens is 4. The third-order valence-electron chi connectivity index (χ3n) is 2.99. The Morgan fingerprint density at radius 3 is 3.28 bits per heavy atom. The van der Waals surface area contributed by atoms with Crippen molar-refractivity contribution in [3.05, 3.63) is 29.9 Å². The molecule has 6 nitrogen and oxygen atoms in total. The molecule has 7 heteroatoms.